The summed E-state index contributed by atoms with van der Waals surface area (Å²) in [6.07, 6.45) is 1.96. The quantitative estimate of drug-likeness (QED) is 0.788. The number of amides is 1. The van der Waals surface area contributed by atoms with E-state index in [2.05, 4.69) is 10.3 Å². The van der Waals surface area contributed by atoms with Crippen molar-refractivity contribution in [2.24, 2.45) is 5.73 Å². The normalized spacial score (nSPS) is 12.0. The monoisotopic (exact) mass is 239 g/mol. The molecule has 0 bridgehead atoms. The highest BCUT2D eigenvalue weighted by atomic mass is 32.1. The first-order valence-electron chi connectivity index (χ1n) is 5.13. The van der Waals surface area contributed by atoms with Crippen LogP contribution in [0.3, 0.4) is 0 Å². The molecule has 88 valence electrons. The summed E-state index contributed by atoms with van der Waals surface area (Å²) in [5, 5.41) is 5.29. The van der Waals surface area contributed by atoms with Gasteiger partial charge in [-0.3, -0.25) is 4.79 Å². The van der Waals surface area contributed by atoms with Crippen molar-refractivity contribution in [3.05, 3.63) is 27.7 Å². The molecule has 0 aliphatic heterocycles. The number of nitrogens with two attached hydrogens (primary N) is 1. The second kappa shape index (κ2) is 5.77. The Morgan fingerprint density at radius 2 is 2.38 bits per heavy atom. The zero-order valence-electron chi connectivity index (χ0n) is 9.78. The van der Waals surface area contributed by atoms with Gasteiger partial charge in [-0.05, 0) is 20.8 Å². The molecule has 3 N–H and O–H groups in total. The molecule has 16 heavy (non-hydrogen) atoms. The summed E-state index contributed by atoms with van der Waals surface area (Å²) < 4.78 is 0. The van der Waals surface area contributed by atoms with Crippen LogP contribution in [0.5, 0.6) is 0 Å². The molecule has 0 aliphatic rings. The molecular formula is C11H17N3OS. The fourth-order valence-corrected chi connectivity index (χ4v) is 1.80. The Bertz CT molecular complexity index is 392. The lowest BCUT2D eigenvalue weighted by atomic mass is 10.3. The number of rotatable bonds is 4. The molecular weight excluding hydrogens is 222 g/mol. The number of nitrogens with zero attached hydrogens (tertiary/aromatic N) is 1. The highest BCUT2D eigenvalue weighted by Crippen LogP contribution is 2.15. The molecule has 0 saturated heterocycles. The lowest BCUT2D eigenvalue weighted by molar-refractivity contribution is 0.0953. The Kier molecular flexibility index (Phi) is 4.64. The topological polar surface area (TPSA) is 68.0 Å². The summed E-state index contributed by atoms with van der Waals surface area (Å²) >= 11 is 1.41. The molecule has 1 unspecified atom stereocenters. The van der Waals surface area contributed by atoms with Crippen LogP contribution >= 0.6 is 11.3 Å². The van der Waals surface area contributed by atoms with Crippen LogP contribution in [0.25, 0.3) is 0 Å². The first kappa shape index (κ1) is 12.9. The molecule has 0 fully saturated rings. The molecule has 1 amide bonds. The van der Waals surface area contributed by atoms with E-state index in [0.717, 1.165) is 5.01 Å². The summed E-state index contributed by atoms with van der Waals surface area (Å²) in [4.78, 5) is 15.8. The molecule has 1 aromatic rings. The standard InChI is InChI=1S/C11H17N3OS/c1-7(2)4-5-13-10(15)9-6-16-11(14-9)8(3)12/h4,6,8H,5,12H2,1-3H3,(H,13,15). The number of aromatic nitrogens is 1. The van der Waals surface area contributed by atoms with Crippen molar-refractivity contribution < 1.29 is 4.79 Å². The fraction of sp³-hybridized carbons (Fsp3) is 0.455. The van der Waals surface area contributed by atoms with Gasteiger partial charge in [0, 0.05) is 11.9 Å². The van der Waals surface area contributed by atoms with Gasteiger partial charge < -0.3 is 11.1 Å². The largest absolute Gasteiger partial charge is 0.347 e. The van der Waals surface area contributed by atoms with Crippen LogP contribution in [0, 0.1) is 0 Å². The Labute approximate surface area is 99.6 Å². The lowest BCUT2D eigenvalue weighted by Gasteiger charge is -2.00. The maximum Gasteiger partial charge on any atom is 0.271 e. The highest BCUT2D eigenvalue weighted by molar-refractivity contribution is 7.09. The summed E-state index contributed by atoms with van der Waals surface area (Å²) in [5.74, 6) is -0.152. The van der Waals surface area contributed by atoms with Crippen molar-refractivity contribution in [2.75, 3.05) is 6.54 Å². The van der Waals surface area contributed by atoms with Gasteiger partial charge in [0.05, 0.1) is 6.04 Å². The second-order valence-corrected chi connectivity index (χ2v) is 4.74. The van der Waals surface area contributed by atoms with E-state index < -0.39 is 0 Å². The number of carbonyl (C=O) groups excluding carboxylic acids is 1. The summed E-state index contributed by atoms with van der Waals surface area (Å²) in [7, 11) is 0. The second-order valence-electron chi connectivity index (χ2n) is 3.85. The van der Waals surface area contributed by atoms with E-state index >= 15 is 0 Å². The van der Waals surface area contributed by atoms with E-state index in [4.69, 9.17) is 5.73 Å². The summed E-state index contributed by atoms with van der Waals surface area (Å²) in [6, 6.07) is -0.121. The third-order valence-corrected chi connectivity index (χ3v) is 2.96. The zero-order chi connectivity index (χ0) is 12.1. The molecule has 1 atom stereocenters. The molecule has 4 nitrogen and oxygen atoms in total. The van der Waals surface area contributed by atoms with E-state index in [-0.39, 0.29) is 11.9 Å². The first-order valence-corrected chi connectivity index (χ1v) is 6.01. The van der Waals surface area contributed by atoms with E-state index in [1.807, 2.05) is 26.8 Å². The van der Waals surface area contributed by atoms with Crippen molar-refractivity contribution in [3.8, 4) is 0 Å². The predicted octanol–water partition coefficient (Wildman–Crippen LogP) is 1.86. The molecule has 0 aromatic carbocycles. The average molecular weight is 239 g/mol. The van der Waals surface area contributed by atoms with Gasteiger partial charge in [0.1, 0.15) is 10.7 Å². The third kappa shape index (κ3) is 3.75. The van der Waals surface area contributed by atoms with Gasteiger partial charge >= 0.3 is 0 Å². The number of allylic oxidation sites excluding steroid dienone is 1. The minimum atomic E-state index is -0.152. The average Bonchev–Trinajstić information content (AvgIpc) is 2.65. The number of hydrogen-bond acceptors (Lipinski definition) is 4. The van der Waals surface area contributed by atoms with Gasteiger partial charge in [0.25, 0.3) is 5.91 Å². The fourth-order valence-electron chi connectivity index (χ4n) is 1.04. The van der Waals surface area contributed by atoms with Crippen LogP contribution < -0.4 is 11.1 Å². The maximum atomic E-state index is 11.6. The Balaban J connectivity index is 2.56. The summed E-state index contributed by atoms with van der Waals surface area (Å²) in [6.45, 7) is 6.36. The molecule has 1 aromatic heterocycles. The highest BCUT2D eigenvalue weighted by Gasteiger charge is 2.11. The van der Waals surface area contributed by atoms with Crippen LogP contribution in [0.2, 0.25) is 0 Å². The molecule has 1 rings (SSSR count). The van der Waals surface area contributed by atoms with Crippen LogP contribution in [0.15, 0.2) is 17.0 Å². The Hall–Kier alpha value is -1.20. The van der Waals surface area contributed by atoms with Crippen molar-refractivity contribution in [1.82, 2.24) is 10.3 Å². The van der Waals surface area contributed by atoms with Crippen molar-refractivity contribution in [3.63, 3.8) is 0 Å². The van der Waals surface area contributed by atoms with Crippen LogP contribution in [0.4, 0.5) is 0 Å². The van der Waals surface area contributed by atoms with Crippen LogP contribution in [-0.4, -0.2) is 17.4 Å². The first-order chi connectivity index (χ1) is 7.50. The van der Waals surface area contributed by atoms with Crippen LogP contribution in [-0.2, 0) is 0 Å². The number of nitrogens with one attached hydrogen (secondary N) is 1. The predicted molar refractivity (Wildman–Crippen MR) is 66.5 cm³/mol. The molecule has 0 saturated carbocycles. The number of carbonyl (C=O) groups is 1. The minimum Gasteiger partial charge on any atom is -0.347 e. The lowest BCUT2D eigenvalue weighted by Crippen LogP contribution is -2.24. The maximum absolute atomic E-state index is 11.6. The Morgan fingerprint density at radius 3 is 2.88 bits per heavy atom. The van der Waals surface area contributed by atoms with Gasteiger partial charge in [0.15, 0.2) is 0 Å². The van der Waals surface area contributed by atoms with Crippen molar-refractivity contribution in [2.45, 2.75) is 26.8 Å². The van der Waals surface area contributed by atoms with E-state index in [1.54, 1.807) is 5.38 Å². The van der Waals surface area contributed by atoms with Crippen LogP contribution in [0.1, 0.15) is 42.3 Å². The van der Waals surface area contributed by atoms with Gasteiger partial charge in [-0.15, -0.1) is 11.3 Å². The molecule has 1 heterocycles. The van der Waals surface area contributed by atoms with Gasteiger partial charge in [0.2, 0.25) is 0 Å². The zero-order valence-corrected chi connectivity index (χ0v) is 10.6. The minimum absolute atomic E-state index is 0.121. The number of hydrogen-bond donors (Lipinski definition) is 2. The van der Waals surface area contributed by atoms with Gasteiger partial charge in [-0.2, -0.15) is 0 Å². The van der Waals surface area contributed by atoms with E-state index in [9.17, 15) is 4.79 Å². The Morgan fingerprint density at radius 1 is 1.69 bits per heavy atom. The number of thiazole rings is 1. The van der Waals surface area contributed by atoms with E-state index in [0.29, 0.717) is 12.2 Å². The van der Waals surface area contributed by atoms with Gasteiger partial charge in [-0.1, -0.05) is 11.6 Å². The molecule has 0 aliphatic carbocycles. The van der Waals surface area contributed by atoms with E-state index in [1.165, 1.54) is 16.9 Å². The molecule has 5 heteroatoms. The summed E-state index contributed by atoms with van der Waals surface area (Å²) in [5.41, 5.74) is 7.29. The SMILES string of the molecule is CC(C)=CCNC(=O)c1csc(C(C)N)n1. The van der Waals surface area contributed by atoms with Crippen molar-refractivity contribution in [1.29, 1.82) is 0 Å². The molecule has 0 radical (unpaired) electrons. The smallest absolute Gasteiger partial charge is 0.271 e. The van der Waals surface area contributed by atoms with Gasteiger partial charge in [-0.25, -0.2) is 4.98 Å². The molecule has 0 spiro atoms. The van der Waals surface area contributed by atoms with Crippen molar-refractivity contribution >= 4 is 17.2 Å². The third-order valence-electron chi connectivity index (χ3n) is 1.92.